The first-order chi connectivity index (χ1) is 14.9. The van der Waals surface area contributed by atoms with Gasteiger partial charge in [-0.2, -0.15) is 0 Å². The monoisotopic (exact) mass is 416 g/mol. The molecule has 0 bridgehead atoms. The topological polar surface area (TPSA) is 53.8 Å². The molecule has 0 saturated heterocycles. The molecule has 1 aliphatic heterocycles. The Balaban J connectivity index is 1.83. The van der Waals surface area contributed by atoms with Crippen LogP contribution in [-0.4, -0.2) is 24.4 Å². The van der Waals surface area contributed by atoms with Crippen LogP contribution in [0.1, 0.15) is 48.9 Å². The Morgan fingerprint density at radius 1 is 1.06 bits per heavy atom. The van der Waals surface area contributed by atoms with E-state index in [0.29, 0.717) is 12.3 Å². The van der Waals surface area contributed by atoms with E-state index in [1.54, 1.807) is 28.9 Å². The van der Waals surface area contributed by atoms with E-state index in [4.69, 9.17) is 4.42 Å². The Labute approximate surface area is 183 Å². The van der Waals surface area contributed by atoms with Crippen LogP contribution in [0.5, 0.6) is 0 Å². The zero-order valence-corrected chi connectivity index (χ0v) is 18.5. The van der Waals surface area contributed by atoms with Crippen molar-refractivity contribution in [2.45, 2.75) is 46.6 Å². The van der Waals surface area contributed by atoms with Gasteiger partial charge in [-0.15, -0.1) is 0 Å². The normalized spacial score (nSPS) is 15.7. The minimum Gasteiger partial charge on any atom is -0.459 e. The van der Waals surface area contributed by atoms with E-state index in [-0.39, 0.29) is 17.9 Å². The van der Waals surface area contributed by atoms with Crippen LogP contribution in [0.15, 0.2) is 59.2 Å². The number of nitrogens with zero attached hydrogens (tertiary/aromatic N) is 2. The fourth-order valence-electron chi connectivity index (χ4n) is 4.40. The molecule has 0 spiro atoms. The number of aryl methyl sites for hydroxylation is 2. The molecule has 5 heteroatoms. The van der Waals surface area contributed by atoms with E-state index < -0.39 is 0 Å². The zero-order chi connectivity index (χ0) is 22.1. The van der Waals surface area contributed by atoms with Crippen LogP contribution in [0.3, 0.4) is 0 Å². The lowest BCUT2D eigenvalue weighted by Gasteiger charge is -2.40. The minimum atomic E-state index is -0.200. The van der Waals surface area contributed by atoms with Gasteiger partial charge in [-0.3, -0.25) is 9.59 Å². The smallest absolute Gasteiger partial charge is 0.294 e. The van der Waals surface area contributed by atoms with Crippen LogP contribution in [0.2, 0.25) is 0 Å². The number of rotatable bonds is 4. The van der Waals surface area contributed by atoms with Crippen molar-refractivity contribution in [3.05, 3.63) is 71.7 Å². The number of hydrogen-bond acceptors (Lipinski definition) is 3. The first-order valence-electron chi connectivity index (χ1n) is 10.8. The van der Waals surface area contributed by atoms with Crippen LogP contribution in [0, 0.1) is 6.92 Å². The molecule has 1 aromatic heterocycles. The molecular formula is C26H28N2O3. The number of carbonyl (C=O) groups excluding carboxylic acids is 2. The predicted molar refractivity (Wildman–Crippen MR) is 124 cm³/mol. The summed E-state index contributed by atoms with van der Waals surface area (Å²) in [7, 11) is 0. The number of fused-ring (bicyclic) bond motifs is 1. The van der Waals surface area contributed by atoms with Crippen molar-refractivity contribution >= 4 is 23.2 Å². The fraction of sp³-hybridized carbons (Fsp3) is 0.308. The molecular weight excluding hydrogens is 388 g/mol. The van der Waals surface area contributed by atoms with Crippen LogP contribution < -0.4 is 9.80 Å². The molecule has 4 rings (SSSR count). The molecule has 31 heavy (non-hydrogen) atoms. The molecule has 0 fully saturated rings. The quantitative estimate of drug-likeness (QED) is 0.555. The van der Waals surface area contributed by atoms with Gasteiger partial charge >= 0.3 is 0 Å². The summed E-state index contributed by atoms with van der Waals surface area (Å²) in [5.41, 5.74) is 6.22. The summed E-state index contributed by atoms with van der Waals surface area (Å²) in [5, 5.41) is 0. The van der Waals surface area contributed by atoms with Gasteiger partial charge in [0.15, 0.2) is 5.76 Å². The van der Waals surface area contributed by atoms with Crippen LogP contribution in [-0.2, 0) is 11.2 Å². The molecule has 2 aromatic carbocycles. The second kappa shape index (κ2) is 8.42. The second-order valence-electron chi connectivity index (χ2n) is 8.23. The molecule has 160 valence electrons. The number of carbonyl (C=O) groups is 2. The maximum atomic E-state index is 13.2. The first kappa shape index (κ1) is 20.9. The predicted octanol–water partition coefficient (Wildman–Crippen LogP) is 5.61. The van der Waals surface area contributed by atoms with E-state index in [1.807, 2.05) is 25.1 Å². The zero-order valence-electron chi connectivity index (χ0n) is 18.5. The Morgan fingerprint density at radius 3 is 2.48 bits per heavy atom. The van der Waals surface area contributed by atoms with Crippen molar-refractivity contribution in [3.63, 3.8) is 0 Å². The molecule has 0 N–H and O–H groups in total. The van der Waals surface area contributed by atoms with E-state index in [2.05, 4.69) is 32.0 Å². The Kier molecular flexibility index (Phi) is 5.68. The molecule has 3 aromatic rings. The summed E-state index contributed by atoms with van der Waals surface area (Å²) in [6.45, 7) is 8.25. The number of anilines is 2. The molecule has 1 aliphatic rings. The van der Waals surface area contributed by atoms with Gasteiger partial charge in [-0.1, -0.05) is 37.6 Å². The van der Waals surface area contributed by atoms with Crippen molar-refractivity contribution in [2.24, 2.45) is 0 Å². The van der Waals surface area contributed by atoms with Crippen molar-refractivity contribution in [2.75, 3.05) is 16.3 Å². The van der Waals surface area contributed by atoms with E-state index >= 15 is 0 Å². The van der Waals surface area contributed by atoms with Gasteiger partial charge in [0.2, 0.25) is 5.91 Å². The molecule has 5 nitrogen and oxygen atoms in total. The van der Waals surface area contributed by atoms with E-state index in [1.165, 1.54) is 17.4 Å². The molecule has 1 atom stereocenters. The Hall–Kier alpha value is -3.34. The molecule has 0 aliphatic carbocycles. The third kappa shape index (κ3) is 3.88. The molecule has 1 unspecified atom stereocenters. The van der Waals surface area contributed by atoms with Crippen molar-refractivity contribution in [1.82, 2.24) is 0 Å². The van der Waals surface area contributed by atoms with Gasteiger partial charge in [-0.05, 0) is 66.8 Å². The van der Waals surface area contributed by atoms with Crippen LogP contribution >= 0.6 is 0 Å². The molecule has 0 radical (unpaired) electrons. The highest BCUT2D eigenvalue weighted by Gasteiger charge is 2.35. The Bertz CT molecular complexity index is 1120. The summed E-state index contributed by atoms with van der Waals surface area (Å²) in [6, 6.07) is 15.7. The van der Waals surface area contributed by atoms with Gasteiger partial charge in [-0.25, -0.2) is 0 Å². The van der Waals surface area contributed by atoms with Gasteiger partial charge in [0, 0.05) is 13.5 Å². The number of amides is 2. The van der Waals surface area contributed by atoms with Crippen molar-refractivity contribution in [3.8, 4) is 11.1 Å². The highest BCUT2D eigenvalue weighted by Crippen LogP contribution is 2.39. The lowest BCUT2D eigenvalue weighted by molar-refractivity contribution is -0.117. The number of hydrogen-bond donors (Lipinski definition) is 0. The second-order valence-corrected chi connectivity index (χ2v) is 8.23. The molecule has 0 saturated carbocycles. The average Bonchev–Trinajstić information content (AvgIpc) is 3.28. The first-order valence-corrected chi connectivity index (χ1v) is 10.8. The van der Waals surface area contributed by atoms with Crippen molar-refractivity contribution in [1.29, 1.82) is 0 Å². The summed E-state index contributed by atoms with van der Waals surface area (Å²) >= 11 is 0. The van der Waals surface area contributed by atoms with Gasteiger partial charge < -0.3 is 14.2 Å². The Morgan fingerprint density at radius 2 is 1.81 bits per heavy atom. The SMILES string of the molecule is CCCc1cc(-c2ccc3c(c2)N(C(=O)c2ccco2)CC(C)N3C(C)=O)ccc1C. The van der Waals surface area contributed by atoms with Crippen molar-refractivity contribution < 1.29 is 14.0 Å². The summed E-state index contributed by atoms with van der Waals surface area (Å²) in [4.78, 5) is 29.1. The average molecular weight is 417 g/mol. The standard InChI is InChI=1S/C26H28N2O3/c1-5-7-20-14-21(10-9-17(20)2)22-11-12-23-24(15-22)27(16-18(3)28(23)19(4)29)26(30)25-8-6-13-31-25/h6,8-15,18H,5,7,16H2,1-4H3. The van der Waals surface area contributed by atoms with E-state index in [9.17, 15) is 9.59 Å². The van der Waals surface area contributed by atoms with Crippen LogP contribution in [0.25, 0.3) is 11.1 Å². The number of furan rings is 1. The largest absolute Gasteiger partial charge is 0.459 e. The third-order valence-corrected chi connectivity index (χ3v) is 5.93. The summed E-state index contributed by atoms with van der Waals surface area (Å²) in [5.74, 6) is 0.0570. The number of benzene rings is 2. The molecule has 2 amide bonds. The van der Waals surface area contributed by atoms with Gasteiger partial charge in [0.05, 0.1) is 23.7 Å². The fourth-order valence-corrected chi connectivity index (χ4v) is 4.40. The van der Waals surface area contributed by atoms with E-state index in [0.717, 1.165) is 35.3 Å². The highest BCUT2D eigenvalue weighted by molar-refractivity contribution is 6.10. The summed E-state index contributed by atoms with van der Waals surface area (Å²) in [6.07, 6.45) is 3.62. The lowest BCUT2D eigenvalue weighted by atomic mass is 9.95. The van der Waals surface area contributed by atoms with Crippen LogP contribution in [0.4, 0.5) is 11.4 Å². The maximum absolute atomic E-state index is 13.2. The maximum Gasteiger partial charge on any atom is 0.294 e. The summed E-state index contributed by atoms with van der Waals surface area (Å²) < 4.78 is 5.37. The van der Waals surface area contributed by atoms with Gasteiger partial charge in [0.25, 0.3) is 5.91 Å². The van der Waals surface area contributed by atoms with Gasteiger partial charge in [0.1, 0.15) is 0 Å². The minimum absolute atomic E-state index is 0.0350. The third-order valence-electron chi connectivity index (χ3n) is 5.93. The molecule has 2 heterocycles. The lowest BCUT2D eigenvalue weighted by Crippen LogP contribution is -2.51. The highest BCUT2D eigenvalue weighted by atomic mass is 16.3.